The summed E-state index contributed by atoms with van der Waals surface area (Å²) in [5.74, 6) is -0.592. The van der Waals surface area contributed by atoms with Gasteiger partial charge in [0.1, 0.15) is 6.61 Å². The molecule has 0 aromatic heterocycles. The largest absolute Gasteiger partial charge is 0.466 e. The van der Waals surface area contributed by atoms with Crippen LogP contribution in [0.2, 0.25) is 0 Å². The fraction of sp³-hybridized carbons (Fsp3) is 0.870. The third kappa shape index (κ3) is 16.7. The van der Waals surface area contributed by atoms with Crippen molar-refractivity contribution in [1.82, 2.24) is 0 Å². The van der Waals surface area contributed by atoms with E-state index in [0.29, 0.717) is 45.9 Å². The molecule has 1 rings (SSSR count). The topological polar surface area (TPSA) is 101 Å². The Balaban J connectivity index is 1.80. The van der Waals surface area contributed by atoms with Crippen LogP contribution in [0, 0.1) is 5.92 Å². The molecule has 0 bridgehead atoms. The summed E-state index contributed by atoms with van der Waals surface area (Å²) in [6.45, 7) is 6.34. The van der Waals surface area contributed by atoms with Gasteiger partial charge in [-0.05, 0) is 57.8 Å². The zero-order valence-corrected chi connectivity index (χ0v) is 19.2. The van der Waals surface area contributed by atoms with Gasteiger partial charge in [-0.15, -0.1) is 0 Å². The lowest BCUT2D eigenvalue weighted by atomic mass is 10.1. The molecule has 0 N–H and O–H groups in total. The van der Waals surface area contributed by atoms with E-state index >= 15 is 0 Å². The van der Waals surface area contributed by atoms with E-state index in [9.17, 15) is 14.4 Å². The third-order valence-corrected chi connectivity index (χ3v) is 4.98. The second-order valence-corrected chi connectivity index (χ2v) is 7.88. The molecule has 0 aliphatic carbocycles. The Morgan fingerprint density at radius 1 is 0.774 bits per heavy atom. The molecular formula is C23H40O8. The highest BCUT2D eigenvalue weighted by Gasteiger charge is 2.22. The number of ether oxygens (including phenoxy) is 5. The molecule has 0 aromatic rings. The van der Waals surface area contributed by atoms with Crippen molar-refractivity contribution in [3.8, 4) is 0 Å². The molecule has 2 unspecified atom stereocenters. The van der Waals surface area contributed by atoms with Crippen LogP contribution in [0.15, 0.2) is 0 Å². The van der Waals surface area contributed by atoms with Crippen molar-refractivity contribution in [1.29, 1.82) is 0 Å². The van der Waals surface area contributed by atoms with Crippen LogP contribution in [0.5, 0.6) is 0 Å². The first-order valence-electron chi connectivity index (χ1n) is 11.7. The van der Waals surface area contributed by atoms with Crippen LogP contribution in [0.25, 0.3) is 0 Å². The summed E-state index contributed by atoms with van der Waals surface area (Å²) in [7, 11) is 0. The molecule has 31 heavy (non-hydrogen) atoms. The molecule has 0 aromatic carbocycles. The lowest BCUT2D eigenvalue weighted by Gasteiger charge is -2.09. The van der Waals surface area contributed by atoms with E-state index in [2.05, 4.69) is 0 Å². The second kappa shape index (κ2) is 18.0. The highest BCUT2D eigenvalue weighted by Crippen LogP contribution is 2.11. The Kier molecular flexibility index (Phi) is 15.8. The van der Waals surface area contributed by atoms with Gasteiger partial charge in [-0.3, -0.25) is 14.4 Å². The predicted molar refractivity (Wildman–Crippen MR) is 114 cm³/mol. The maximum atomic E-state index is 11.7. The first-order chi connectivity index (χ1) is 15.0. The standard InChI is InChI=1S/C23H40O8/c1-3-19(2)23(26)30-17-9-5-7-13-20(24)27-14-8-4-6-12-21(25)28-15-10-11-16-29-22-18-31-22/h19,22H,3-18H2,1-2H3. The Morgan fingerprint density at radius 2 is 1.26 bits per heavy atom. The summed E-state index contributed by atoms with van der Waals surface area (Å²) < 4.78 is 25.8. The predicted octanol–water partition coefficient (Wildman–Crippen LogP) is 3.94. The number of carbonyl (C=O) groups is 3. The minimum absolute atomic E-state index is 0.0146. The van der Waals surface area contributed by atoms with Crippen molar-refractivity contribution in [2.24, 2.45) is 5.92 Å². The van der Waals surface area contributed by atoms with Crippen LogP contribution in [0.3, 0.4) is 0 Å². The fourth-order valence-corrected chi connectivity index (χ4v) is 2.65. The second-order valence-electron chi connectivity index (χ2n) is 7.88. The Morgan fingerprint density at radius 3 is 1.77 bits per heavy atom. The zero-order valence-electron chi connectivity index (χ0n) is 19.2. The SMILES string of the molecule is CCC(C)C(=O)OCCCCCC(=O)OCCCCCC(=O)OCCCCOC1CO1. The van der Waals surface area contributed by atoms with Gasteiger partial charge in [0.2, 0.25) is 0 Å². The third-order valence-electron chi connectivity index (χ3n) is 4.98. The summed E-state index contributed by atoms with van der Waals surface area (Å²) in [6, 6.07) is 0. The number of hydrogen-bond donors (Lipinski definition) is 0. The Hall–Kier alpha value is -1.67. The first kappa shape index (κ1) is 27.4. The van der Waals surface area contributed by atoms with Gasteiger partial charge in [0.25, 0.3) is 0 Å². The molecule has 2 atom stereocenters. The summed E-state index contributed by atoms with van der Waals surface area (Å²) in [5.41, 5.74) is 0. The van der Waals surface area contributed by atoms with Gasteiger partial charge in [-0.25, -0.2) is 0 Å². The number of esters is 3. The van der Waals surface area contributed by atoms with Crippen molar-refractivity contribution in [3.05, 3.63) is 0 Å². The van der Waals surface area contributed by atoms with Crippen molar-refractivity contribution in [3.63, 3.8) is 0 Å². The lowest BCUT2D eigenvalue weighted by Crippen LogP contribution is -2.14. The minimum atomic E-state index is -0.201. The maximum Gasteiger partial charge on any atom is 0.308 e. The quantitative estimate of drug-likeness (QED) is 0.120. The van der Waals surface area contributed by atoms with Crippen molar-refractivity contribution in [2.45, 2.75) is 90.8 Å². The van der Waals surface area contributed by atoms with Gasteiger partial charge in [0, 0.05) is 19.4 Å². The van der Waals surface area contributed by atoms with E-state index in [4.69, 9.17) is 23.7 Å². The van der Waals surface area contributed by atoms with Crippen molar-refractivity contribution >= 4 is 17.9 Å². The summed E-state index contributed by atoms with van der Waals surface area (Å²) in [5, 5.41) is 0. The zero-order chi connectivity index (χ0) is 22.7. The van der Waals surface area contributed by atoms with E-state index < -0.39 is 0 Å². The molecule has 1 aliphatic heterocycles. The van der Waals surface area contributed by atoms with E-state index in [-0.39, 0.29) is 30.1 Å². The molecule has 1 aliphatic rings. The minimum Gasteiger partial charge on any atom is -0.466 e. The van der Waals surface area contributed by atoms with Crippen molar-refractivity contribution in [2.75, 3.05) is 33.0 Å². The van der Waals surface area contributed by atoms with Gasteiger partial charge in [0.15, 0.2) is 6.29 Å². The average Bonchev–Trinajstić information content (AvgIpc) is 3.59. The fourth-order valence-electron chi connectivity index (χ4n) is 2.65. The molecule has 8 heteroatoms. The van der Waals surface area contributed by atoms with Crippen LogP contribution < -0.4 is 0 Å². The molecule has 0 amide bonds. The molecule has 0 radical (unpaired) electrons. The molecule has 8 nitrogen and oxygen atoms in total. The molecule has 0 saturated carbocycles. The molecule has 0 spiro atoms. The molecule has 1 heterocycles. The number of carbonyl (C=O) groups excluding carboxylic acids is 3. The summed E-state index contributed by atoms with van der Waals surface area (Å²) in [4.78, 5) is 34.8. The number of epoxide rings is 1. The van der Waals surface area contributed by atoms with Crippen LogP contribution in [-0.2, 0) is 38.1 Å². The normalized spacial score (nSPS) is 15.9. The molecular weight excluding hydrogens is 404 g/mol. The summed E-state index contributed by atoms with van der Waals surface area (Å²) >= 11 is 0. The highest BCUT2D eigenvalue weighted by molar-refractivity contribution is 5.71. The van der Waals surface area contributed by atoms with E-state index in [1.165, 1.54) is 0 Å². The van der Waals surface area contributed by atoms with E-state index in [0.717, 1.165) is 57.8 Å². The van der Waals surface area contributed by atoms with Gasteiger partial charge in [-0.1, -0.05) is 13.8 Å². The Labute approximate surface area is 186 Å². The average molecular weight is 445 g/mol. The number of hydrogen-bond acceptors (Lipinski definition) is 8. The van der Waals surface area contributed by atoms with Crippen molar-refractivity contribution < 1.29 is 38.1 Å². The molecule has 180 valence electrons. The lowest BCUT2D eigenvalue weighted by molar-refractivity contribution is -0.148. The van der Waals surface area contributed by atoms with Crippen LogP contribution in [-0.4, -0.2) is 57.2 Å². The maximum absolute atomic E-state index is 11.7. The van der Waals surface area contributed by atoms with Crippen LogP contribution >= 0.6 is 0 Å². The Bertz CT molecular complexity index is 504. The number of unbranched alkanes of at least 4 members (excludes halogenated alkanes) is 5. The summed E-state index contributed by atoms with van der Waals surface area (Å²) in [6.07, 6.45) is 7.78. The van der Waals surface area contributed by atoms with Gasteiger partial charge in [0.05, 0.1) is 25.7 Å². The monoisotopic (exact) mass is 444 g/mol. The van der Waals surface area contributed by atoms with Crippen LogP contribution in [0.4, 0.5) is 0 Å². The molecule has 1 fully saturated rings. The van der Waals surface area contributed by atoms with E-state index in [1.807, 2.05) is 13.8 Å². The smallest absolute Gasteiger partial charge is 0.308 e. The van der Waals surface area contributed by atoms with E-state index in [1.54, 1.807) is 0 Å². The van der Waals surface area contributed by atoms with Gasteiger partial charge in [-0.2, -0.15) is 0 Å². The highest BCUT2D eigenvalue weighted by atomic mass is 16.8. The van der Waals surface area contributed by atoms with Gasteiger partial charge >= 0.3 is 17.9 Å². The number of rotatable bonds is 20. The first-order valence-corrected chi connectivity index (χ1v) is 11.7. The van der Waals surface area contributed by atoms with Crippen LogP contribution in [0.1, 0.15) is 84.5 Å². The van der Waals surface area contributed by atoms with Gasteiger partial charge < -0.3 is 23.7 Å². The molecule has 1 saturated heterocycles.